The zero-order valence-corrected chi connectivity index (χ0v) is 30.5. The van der Waals surface area contributed by atoms with Gasteiger partial charge in [0.15, 0.2) is 0 Å². The topological polar surface area (TPSA) is 0 Å². The predicted octanol–water partition coefficient (Wildman–Crippen LogP) is 10.9. The molecule has 0 radical (unpaired) electrons. The summed E-state index contributed by atoms with van der Waals surface area (Å²) >= 11 is 0. The molecule has 2 heteroatoms. The van der Waals surface area contributed by atoms with Crippen LogP contribution in [0.3, 0.4) is 0 Å². The number of fused-ring (bicyclic) bond motifs is 2. The van der Waals surface area contributed by atoms with Crippen molar-refractivity contribution in [2.45, 2.75) is 39.3 Å². The molecule has 6 aromatic carbocycles. The summed E-state index contributed by atoms with van der Waals surface area (Å²) in [7, 11) is -2.97. The Morgan fingerprint density at radius 1 is 0.354 bits per heavy atom. The molecular formula is C46H38Si2. The molecule has 0 saturated carbocycles. The summed E-state index contributed by atoms with van der Waals surface area (Å²) < 4.78 is 0. The molecule has 0 unspecified atom stereocenters. The second-order valence-electron chi connectivity index (χ2n) is 14.1. The molecule has 230 valence electrons. The van der Waals surface area contributed by atoms with Crippen molar-refractivity contribution in [1.29, 1.82) is 0 Å². The molecule has 0 aliphatic rings. The molecule has 48 heavy (non-hydrogen) atoms. The number of hydrogen-bond acceptors (Lipinski definition) is 0. The third kappa shape index (κ3) is 8.07. The van der Waals surface area contributed by atoms with Crippen LogP contribution in [-0.2, 0) is 0 Å². The van der Waals surface area contributed by atoms with Crippen LogP contribution in [0.1, 0.15) is 33.4 Å². The van der Waals surface area contributed by atoms with E-state index in [1.165, 1.54) is 10.8 Å². The maximum atomic E-state index is 3.57. The monoisotopic (exact) mass is 646 g/mol. The Bertz CT molecular complexity index is 2260. The SMILES string of the molecule is C[Si](C)(C)C#Cc1cccc(C#Cc2ccc3ccccc3c2-c2c(C#Cc3cccc(C#C[Si](C)(C)C)c3)ccc3ccccc23)c1. The maximum Gasteiger partial charge on any atom is 0.129 e. The fourth-order valence-electron chi connectivity index (χ4n) is 5.44. The molecule has 0 aromatic heterocycles. The van der Waals surface area contributed by atoms with E-state index in [1.54, 1.807) is 0 Å². The Morgan fingerprint density at radius 2 is 0.729 bits per heavy atom. The van der Waals surface area contributed by atoms with Crippen LogP contribution in [0.4, 0.5) is 0 Å². The van der Waals surface area contributed by atoms with Crippen molar-refractivity contribution in [3.63, 3.8) is 0 Å². The largest absolute Gasteiger partial charge is 0.129 e. The molecule has 0 aliphatic carbocycles. The Morgan fingerprint density at radius 3 is 1.12 bits per heavy atom. The quantitative estimate of drug-likeness (QED) is 0.123. The lowest BCUT2D eigenvalue weighted by molar-refractivity contribution is 1.58. The van der Waals surface area contributed by atoms with Gasteiger partial charge in [-0.1, -0.05) is 148 Å². The van der Waals surface area contributed by atoms with Gasteiger partial charge in [-0.2, -0.15) is 0 Å². The van der Waals surface area contributed by atoms with Gasteiger partial charge in [-0.25, -0.2) is 0 Å². The van der Waals surface area contributed by atoms with E-state index in [9.17, 15) is 0 Å². The smallest absolute Gasteiger partial charge is 0.127 e. The Balaban J connectivity index is 1.54. The summed E-state index contributed by atoms with van der Waals surface area (Å²) in [5, 5.41) is 4.65. The van der Waals surface area contributed by atoms with Crippen molar-refractivity contribution < 1.29 is 0 Å². The van der Waals surface area contributed by atoms with Crippen molar-refractivity contribution in [3.05, 3.63) is 155 Å². The Hall–Kier alpha value is -5.49. The highest BCUT2D eigenvalue weighted by Crippen LogP contribution is 2.39. The molecule has 0 amide bonds. The third-order valence-corrected chi connectivity index (χ3v) is 9.43. The number of rotatable bonds is 1. The van der Waals surface area contributed by atoms with Crippen LogP contribution in [-0.4, -0.2) is 16.1 Å². The van der Waals surface area contributed by atoms with Gasteiger partial charge in [0.25, 0.3) is 0 Å². The fraction of sp³-hybridized carbons (Fsp3) is 0.130. The average Bonchev–Trinajstić information content (AvgIpc) is 3.07. The highest BCUT2D eigenvalue weighted by molar-refractivity contribution is 6.84. The van der Waals surface area contributed by atoms with Gasteiger partial charge < -0.3 is 0 Å². The highest BCUT2D eigenvalue weighted by Gasteiger charge is 2.16. The van der Waals surface area contributed by atoms with Crippen molar-refractivity contribution >= 4 is 37.7 Å². The summed E-state index contributed by atoms with van der Waals surface area (Å²) in [6.45, 7) is 13.6. The molecule has 0 bridgehead atoms. The molecule has 0 N–H and O–H groups in total. The minimum Gasteiger partial charge on any atom is -0.127 e. The van der Waals surface area contributed by atoms with E-state index in [2.05, 4.69) is 195 Å². The van der Waals surface area contributed by atoms with Crippen LogP contribution >= 0.6 is 0 Å². The zero-order valence-electron chi connectivity index (χ0n) is 28.5. The van der Waals surface area contributed by atoms with Gasteiger partial charge in [-0.05, 0) is 70.1 Å². The van der Waals surface area contributed by atoms with Gasteiger partial charge >= 0.3 is 0 Å². The van der Waals surface area contributed by atoms with E-state index in [1.807, 2.05) is 12.1 Å². The van der Waals surface area contributed by atoms with Gasteiger partial charge in [0.05, 0.1) is 0 Å². The number of benzene rings is 6. The molecule has 0 atom stereocenters. The molecule has 6 rings (SSSR count). The summed E-state index contributed by atoms with van der Waals surface area (Å²) in [5.41, 5.74) is 15.0. The minimum absolute atomic E-state index is 0.950. The normalized spacial score (nSPS) is 10.9. The summed E-state index contributed by atoms with van der Waals surface area (Å²) in [6, 6.07) is 42.3. The second-order valence-corrected chi connectivity index (χ2v) is 23.6. The fourth-order valence-corrected chi connectivity index (χ4v) is 6.48. The van der Waals surface area contributed by atoms with E-state index in [-0.39, 0.29) is 0 Å². The molecule has 0 saturated heterocycles. The van der Waals surface area contributed by atoms with E-state index >= 15 is 0 Å². The van der Waals surface area contributed by atoms with E-state index in [4.69, 9.17) is 0 Å². The zero-order chi connectivity index (χ0) is 33.7. The molecule has 0 fully saturated rings. The van der Waals surface area contributed by atoms with E-state index in [0.717, 1.165) is 55.3 Å². The van der Waals surface area contributed by atoms with Gasteiger partial charge in [-0.15, -0.1) is 11.1 Å². The summed E-state index contributed by atoms with van der Waals surface area (Å²) in [5.74, 6) is 20.8. The first kappa shape index (κ1) is 32.5. The first-order chi connectivity index (χ1) is 23.0. The number of hydrogen-bond donors (Lipinski definition) is 0. The molecule has 0 nitrogen and oxygen atoms in total. The van der Waals surface area contributed by atoms with Gasteiger partial charge in [-0.3, -0.25) is 0 Å². The molecule has 0 aliphatic heterocycles. The lowest BCUT2D eigenvalue weighted by Crippen LogP contribution is -2.16. The van der Waals surface area contributed by atoms with Crippen molar-refractivity contribution in [3.8, 4) is 57.7 Å². The highest BCUT2D eigenvalue weighted by atomic mass is 28.3. The first-order valence-corrected chi connectivity index (χ1v) is 23.4. The minimum atomic E-state index is -1.48. The summed E-state index contributed by atoms with van der Waals surface area (Å²) in [4.78, 5) is 0. The molecule has 0 heterocycles. The summed E-state index contributed by atoms with van der Waals surface area (Å²) in [6.07, 6.45) is 0. The molecular weight excluding hydrogens is 609 g/mol. The van der Waals surface area contributed by atoms with Crippen LogP contribution in [0.25, 0.3) is 32.7 Å². The van der Waals surface area contributed by atoms with Crippen LogP contribution < -0.4 is 0 Å². The third-order valence-electron chi connectivity index (χ3n) is 7.68. The van der Waals surface area contributed by atoms with E-state index in [0.29, 0.717) is 0 Å². The standard InChI is InChI=1S/C46H38Si2/c1-47(2,3)31-29-37-15-11-13-35(33-37)21-23-41-27-25-39-17-7-9-19-43(39)45(41)46-42(28-26-40-18-8-10-20-44(40)46)24-22-36-14-12-16-38(34-36)30-32-48(4,5)6/h7-20,25-28,33-34H,1-6H3. The maximum absolute atomic E-state index is 3.57. The average molecular weight is 647 g/mol. The molecule has 6 aromatic rings. The van der Waals surface area contributed by atoms with Crippen LogP contribution in [0.5, 0.6) is 0 Å². The lowest BCUT2D eigenvalue weighted by atomic mass is 9.87. The van der Waals surface area contributed by atoms with Gasteiger partial charge in [0.2, 0.25) is 0 Å². The van der Waals surface area contributed by atoms with Gasteiger partial charge in [0.1, 0.15) is 16.1 Å². The Labute approximate surface area is 288 Å². The van der Waals surface area contributed by atoms with E-state index < -0.39 is 16.1 Å². The molecule has 0 spiro atoms. The van der Waals surface area contributed by atoms with Crippen LogP contribution in [0, 0.1) is 46.6 Å². The van der Waals surface area contributed by atoms with Gasteiger partial charge in [0, 0.05) is 44.5 Å². The van der Waals surface area contributed by atoms with Crippen molar-refractivity contribution in [1.82, 2.24) is 0 Å². The van der Waals surface area contributed by atoms with Crippen molar-refractivity contribution in [2.24, 2.45) is 0 Å². The first-order valence-electron chi connectivity index (χ1n) is 16.4. The van der Waals surface area contributed by atoms with Crippen LogP contribution in [0.2, 0.25) is 39.3 Å². The predicted molar refractivity (Wildman–Crippen MR) is 212 cm³/mol. The van der Waals surface area contributed by atoms with Crippen LogP contribution in [0.15, 0.2) is 121 Å². The second kappa shape index (κ2) is 13.7. The lowest BCUT2D eigenvalue weighted by Gasteiger charge is -2.15. The van der Waals surface area contributed by atoms with Crippen molar-refractivity contribution in [2.75, 3.05) is 0 Å². The Kier molecular flexibility index (Phi) is 9.27.